The standard InChI is InChI=1S/C15H26N2O3/c1-3-5-6-11-16-15(20)17-12-10-13(7-4-2)8-9-14(18)19/h1,13H,4-12H2,2H3,(H,18,19)(H2,16,17,20). The maximum absolute atomic E-state index is 11.4. The molecule has 0 aromatic rings. The Kier molecular flexibility index (Phi) is 11.3. The molecule has 0 aromatic heterocycles. The number of rotatable bonds is 11. The monoisotopic (exact) mass is 282 g/mol. The van der Waals surface area contributed by atoms with E-state index in [2.05, 4.69) is 23.5 Å². The number of amides is 2. The van der Waals surface area contributed by atoms with Crippen molar-refractivity contribution in [2.75, 3.05) is 13.1 Å². The van der Waals surface area contributed by atoms with Crippen molar-refractivity contribution in [2.24, 2.45) is 5.92 Å². The number of unbranched alkanes of at least 4 members (excludes halogenated alkanes) is 1. The van der Waals surface area contributed by atoms with E-state index >= 15 is 0 Å². The van der Waals surface area contributed by atoms with E-state index in [0.29, 0.717) is 31.8 Å². The summed E-state index contributed by atoms with van der Waals surface area (Å²) in [4.78, 5) is 22.0. The van der Waals surface area contributed by atoms with Crippen LogP contribution in [-0.4, -0.2) is 30.2 Å². The van der Waals surface area contributed by atoms with Crippen LogP contribution in [0.4, 0.5) is 4.79 Å². The third-order valence-corrected chi connectivity index (χ3v) is 3.08. The van der Waals surface area contributed by atoms with Crippen molar-refractivity contribution in [3.05, 3.63) is 0 Å². The van der Waals surface area contributed by atoms with Gasteiger partial charge in [-0.25, -0.2) is 4.79 Å². The van der Waals surface area contributed by atoms with Gasteiger partial charge in [0, 0.05) is 25.9 Å². The van der Waals surface area contributed by atoms with E-state index in [1.165, 1.54) is 0 Å². The molecular weight excluding hydrogens is 256 g/mol. The van der Waals surface area contributed by atoms with Crippen molar-refractivity contribution in [3.8, 4) is 12.3 Å². The van der Waals surface area contributed by atoms with Gasteiger partial charge in [-0.2, -0.15) is 0 Å². The van der Waals surface area contributed by atoms with Crippen LogP contribution in [0, 0.1) is 18.3 Å². The molecule has 0 radical (unpaired) electrons. The SMILES string of the molecule is C#CCCCNC(=O)NCCC(CCC)CCC(=O)O. The Labute approximate surface area is 121 Å². The Bertz CT molecular complexity index is 324. The third-order valence-electron chi connectivity index (χ3n) is 3.08. The largest absolute Gasteiger partial charge is 0.481 e. The Morgan fingerprint density at radius 1 is 1.20 bits per heavy atom. The van der Waals surface area contributed by atoms with Gasteiger partial charge in [-0.15, -0.1) is 12.3 Å². The highest BCUT2D eigenvalue weighted by molar-refractivity contribution is 5.73. The molecule has 0 rings (SSSR count). The number of carboxylic acid groups (broad SMARTS) is 1. The summed E-state index contributed by atoms with van der Waals surface area (Å²) in [5.41, 5.74) is 0. The first-order valence-corrected chi connectivity index (χ1v) is 7.27. The molecule has 3 N–H and O–H groups in total. The van der Waals surface area contributed by atoms with Crippen molar-refractivity contribution in [3.63, 3.8) is 0 Å². The minimum Gasteiger partial charge on any atom is -0.481 e. The Morgan fingerprint density at radius 2 is 1.90 bits per heavy atom. The van der Waals surface area contributed by atoms with Crippen LogP contribution in [0.5, 0.6) is 0 Å². The molecule has 114 valence electrons. The summed E-state index contributed by atoms with van der Waals surface area (Å²) in [7, 11) is 0. The van der Waals surface area contributed by atoms with Gasteiger partial charge in [0.2, 0.25) is 0 Å². The lowest BCUT2D eigenvalue weighted by molar-refractivity contribution is -0.137. The number of aliphatic carboxylic acids is 1. The minimum atomic E-state index is -0.759. The minimum absolute atomic E-state index is 0.185. The van der Waals surface area contributed by atoms with Crippen molar-refractivity contribution >= 4 is 12.0 Å². The van der Waals surface area contributed by atoms with Gasteiger partial charge in [-0.1, -0.05) is 19.8 Å². The first kappa shape index (κ1) is 18.3. The predicted octanol–water partition coefficient (Wildman–Crippen LogP) is 2.37. The second-order valence-electron chi connectivity index (χ2n) is 4.87. The molecule has 5 nitrogen and oxygen atoms in total. The first-order chi connectivity index (χ1) is 9.60. The van der Waals surface area contributed by atoms with Gasteiger partial charge in [-0.3, -0.25) is 4.79 Å². The maximum Gasteiger partial charge on any atom is 0.314 e. The van der Waals surface area contributed by atoms with Gasteiger partial charge >= 0.3 is 12.0 Å². The predicted molar refractivity (Wildman–Crippen MR) is 79.4 cm³/mol. The molecule has 20 heavy (non-hydrogen) atoms. The average Bonchev–Trinajstić information content (AvgIpc) is 2.41. The highest BCUT2D eigenvalue weighted by Crippen LogP contribution is 2.16. The first-order valence-electron chi connectivity index (χ1n) is 7.27. The van der Waals surface area contributed by atoms with Crippen molar-refractivity contribution in [1.82, 2.24) is 10.6 Å². The summed E-state index contributed by atoms with van der Waals surface area (Å²) in [6.07, 6.45) is 10.3. The maximum atomic E-state index is 11.4. The fourth-order valence-corrected chi connectivity index (χ4v) is 2.01. The van der Waals surface area contributed by atoms with Crippen LogP contribution in [0.15, 0.2) is 0 Å². The number of hydrogen-bond donors (Lipinski definition) is 3. The number of urea groups is 1. The molecule has 0 spiro atoms. The lowest BCUT2D eigenvalue weighted by Gasteiger charge is -2.15. The lowest BCUT2D eigenvalue weighted by Crippen LogP contribution is -2.37. The number of carbonyl (C=O) groups is 2. The molecule has 0 aromatic carbocycles. The van der Waals surface area contributed by atoms with E-state index in [-0.39, 0.29) is 12.5 Å². The summed E-state index contributed by atoms with van der Waals surface area (Å²) < 4.78 is 0. The van der Waals surface area contributed by atoms with Crippen LogP contribution in [-0.2, 0) is 4.79 Å². The molecule has 0 aliphatic heterocycles. The lowest BCUT2D eigenvalue weighted by atomic mass is 9.94. The third kappa shape index (κ3) is 11.4. The van der Waals surface area contributed by atoms with Crippen LogP contribution < -0.4 is 10.6 Å². The van der Waals surface area contributed by atoms with Crippen molar-refractivity contribution < 1.29 is 14.7 Å². The summed E-state index contributed by atoms with van der Waals surface area (Å²) in [6, 6.07) is -0.185. The van der Waals surface area contributed by atoms with E-state index in [1.54, 1.807) is 0 Å². The molecule has 0 heterocycles. The van der Waals surface area contributed by atoms with Gasteiger partial charge in [-0.05, 0) is 25.2 Å². The molecule has 0 saturated heterocycles. The van der Waals surface area contributed by atoms with E-state index < -0.39 is 5.97 Å². The summed E-state index contributed by atoms with van der Waals surface area (Å²) >= 11 is 0. The number of terminal acetylenes is 1. The van der Waals surface area contributed by atoms with Gasteiger partial charge in [0.1, 0.15) is 0 Å². The summed E-state index contributed by atoms with van der Waals surface area (Å²) in [5, 5.41) is 14.2. The molecule has 1 unspecified atom stereocenters. The van der Waals surface area contributed by atoms with Crippen LogP contribution in [0.1, 0.15) is 51.9 Å². The average molecular weight is 282 g/mol. The zero-order valence-electron chi connectivity index (χ0n) is 12.3. The van der Waals surface area contributed by atoms with Crippen molar-refractivity contribution in [2.45, 2.75) is 51.9 Å². The smallest absolute Gasteiger partial charge is 0.314 e. The fraction of sp³-hybridized carbons (Fsp3) is 0.733. The topological polar surface area (TPSA) is 78.4 Å². The highest BCUT2D eigenvalue weighted by Gasteiger charge is 2.10. The van der Waals surface area contributed by atoms with Crippen LogP contribution >= 0.6 is 0 Å². The molecule has 5 heteroatoms. The second kappa shape index (κ2) is 12.3. The molecule has 0 bridgehead atoms. The molecule has 2 amide bonds. The molecular formula is C15H26N2O3. The molecule has 0 fully saturated rings. The number of carbonyl (C=O) groups excluding carboxylic acids is 1. The molecule has 0 aliphatic carbocycles. The van der Waals surface area contributed by atoms with Crippen LogP contribution in [0.2, 0.25) is 0 Å². The second-order valence-corrected chi connectivity index (χ2v) is 4.87. The molecule has 1 atom stereocenters. The highest BCUT2D eigenvalue weighted by atomic mass is 16.4. The van der Waals surface area contributed by atoms with Gasteiger partial charge in [0.05, 0.1) is 0 Å². The Morgan fingerprint density at radius 3 is 2.50 bits per heavy atom. The van der Waals surface area contributed by atoms with Crippen molar-refractivity contribution in [1.29, 1.82) is 0 Å². The van der Waals surface area contributed by atoms with E-state index in [0.717, 1.165) is 25.7 Å². The number of nitrogens with one attached hydrogen (secondary N) is 2. The van der Waals surface area contributed by atoms with Gasteiger partial charge in [0.25, 0.3) is 0 Å². The zero-order valence-corrected chi connectivity index (χ0v) is 12.3. The zero-order chi connectivity index (χ0) is 15.2. The quantitative estimate of drug-likeness (QED) is 0.402. The normalized spacial score (nSPS) is 11.4. The molecule has 0 saturated carbocycles. The van der Waals surface area contributed by atoms with E-state index in [4.69, 9.17) is 11.5 Å². The van der Waals surface area contributed by atoms with E-state index in [1.807, 2.05) is 0 Å². The summed E-state index contributed by atoms with van der Waals surface area (Å²) in [5.74, 6) is 2.12. The van der Waals surface area contributed by atoms with Gasteiger partial charge in [0.15, 0.2) is 0 Å². The Hall–Kier alpha value is -1.70. The number of hydrogen-bond acceptors (Lipinski definition) is 2. The Balaban J connectivity index is 3.72. The molecule has 0 aliphatic rings. The van der Waals surface area contributed by atoms with Crippen LogP contribution in [0.25, 0.3) is 0 Å². The number of carboxylic acids is 1. The van der Waals surface area contributed by atoms with Crippen LogP contribution in [0.3, 0.4) is 0 Å². The van der Waals surface area contributed by atoms with E-state index in [9.17, 15) is 9.59 Å². The van der Waals surface area contributed by atoms with Gasteiger partial charge < -0.3 is 15.7 Å². The summed E-state index contributed by atoms with van der Waals surface area (Å²) in [6.45, 7) is 3.23. The fourth-order valence-electron chi connectivity index (χ4n) is 2.01.